The molecule has 1 nitrogen and oxygen atoms in total. The van der Waals surface area contributed by atoms with Gasteiger partial charge in [-0.3, -0.25) is 0 Å². The van der Waals surface area contributed by atoms with Gasteiger partial charge < -0.3 is 5.73 Å². The van der Waals surface area contributed by atoms with E-state index < -0.39 is 0 Å². The van der Waals surface area contributed by atoms with Gasteiger partial charge in [0.1, 0.15) is 0 Å². The average molecular weight is 213 g/mol. The second-order valence-corrected chi connectivity index (χ2v) is 4.81. The number of thiol groups is 1. The summed E-state index contributed by atoms with van der Waals surface area (Å²) in [5.41, 5.74) is 9.08. The summed E-state index contributed by atoms with van der Waals surface area (Å²) in [5.74, 6) is 0.377. The van der Waals surface area contributed by atoms with Crippen molar-refractivity contribution in [3.05, 3.63) is 23.4 Å². The topological polar surface area (TPSA) is 26.0 Å². The van der Waals surface area contributed by atoms with E-state index >= 15 is 0 Å². The third kappa shape index (κ3) is 3.79. The molecule has 2 atom stereocenters. The summed E-state index contributed by atoms with van der Waals surface area (Å²) in [4.78, 5) is 0. The first-order valence-electron chi connectivity index (χ1n) is 5.24. The highest BCUT2D eigenvalue weighted by Crippen LogP contribution is 2.27. The van der Waals surface area contributed by atoms with Crippen LogP contribution in [0.4, 0.5) is 0 Å². The molecule has 0 aliphatic heterocycles. The molecule has 0 rings (SSSR count). The monoisotopic (exact) mass is 213 g/mol. The zero-order valence-corrected chi connectivity index (χ0v) is 10.7. The van der Waals surface area contributed by atoms with E-state index in [2.05, 4.69) is 46.9 Å². The molecule has 2 unspecified atom stereocenters. The van der Waals surface area contributed by atoms with E-state index in [0.717, 1.165) is 12.8 Å². The fourth-order valence-corrected chi connectivity index (χ4v) is 1.86. The second-order valence-electron chi connectivity index (χ2n) is 4.00. The van der Waals surface area contributed by atoms with Crippen LogP contribution in [0, 0.1) is 5.92 Å². The number of hydrogen-bond acceptors (Lipinski definition) is 2. The third-order valence-corrected chi connectivity index (χ3v) is 3.06. The van der Waals surface area contributed by atoms with Crippen molar-refractivity contribution in [2.45, 2.75) is 45.8 Å². The van der Waals surface area contributed by atoms with Crippen LogP contribution in [-0.4, -0.2) is 5.25 Å². The van der Waals surface area contributed by atoms with Crippen LogP contribution in [0.25, 0.3) is 0 Å². The van der Waals surface area contributed by atoms with Crippen LogP contribution in [0.3, 0.4) is 0 Å². The summed E-state index contributed by atoms with van der Waals surface area (Å²) >= 11 is 4.46. The standard InChI is InChI=1S/C12H23NS/c1-6-7-8(2)12(10(4)13)9(3)11(5)14/h9,11,14H,4,6-7,13H2,1-3,5H3/b12-8-. The first kappa shape index (κ1) is 13.6. The minimum atomic E-state index is 0.317. The summed E-state index contributed by atoms with van der Waals surface area (Å²) in [7, 11) is 0. The lowest BCUT2D eigenvalue weighted by Gasteiger charge is -2.22. The van der Waals surface area contributed by atoms with Crippen molar-refractivity contribution in [2.75, 3.05) is 0 Å². The first-order chi connectivity index (χ1) is 6.41. The Kier molecular flexibility index (Phi) is 6.01. The summed E-state index contributed by atoms with van der Waals surface area (Å²) in [6.07, 6.45) is 2.24. The van der Waals surface area contributed by atoms with Crippen molar-refractivity contribution in [3.63, 3.8) is 0 Å². The molecule has 14 heavy (non-hydrogen) atoms. The molecule has 0 saturated heterocycles. The maximum absolute atomic E-state index is 5.82. The predicted octanol–water partition coefficient (Wildman–Crippen LogP) is 3.53. The van der Waals surface area contributed by atoms with Crippen LogP contribution in [0.15, 0.2) is 23.4 Å². The summed E-state index contributed by atoms with van der Waals surface area (Å²) < 4.78 is 0. The van der Waals surface area contributed by atoms with Crippen molar-refractivity contribution >= 4 is 12.6 Å². The van der Waals surface area contributed by atoms with E-state index in [4.69, 9.17) is 5.73 Å². The summed E-state index contributed by atoms with van der Waals surface area (Å²) in [5, 5.41) is 0.317. The fraction of sp³-hybridized carbons (Fsp3) is 0.667. The van der Waals surface area contributed by atoms with Crippen LogP contribution >= 0.6 is 12.6 Å². The Bertz CT molecular complexity index is 228. The van der Waals surface area contributed by atoms with Crippen molar-refractivity contribution in [1.29, 1.82) is 0 Å². The van der Waals surface area contributed by atoms with Gasteiger partial charge in [0, 0.05) is 10.9 Å². The van der Waals surface area contributed by atoms with Crippen molar-refractivity contribution in [1.82, 2.24) is 0 Å². The Balaban J connectivity index is 4.93. The molecule has 82 valence electrons. The van der Waals surface area contributed by atoms with Gasteiger partial charge in [-0.25, -0.2) is 0 Å². The number of hydrogen-bond donors (Lipinski definition) is 2. The molecule has 0 aromatic heterocycles. The van der Waals surface area contributed by atoms with E-state index in [9.17, 15) is 0 Å². The highest BCUT2D eigenvalue weighted by molar-refractivity contribution is 7.80. The zero-order chi connectivity index (χ0) is 11.3. The van der Waals surface area contributed by atoms with Gasteiger partial charge in [-0.2, -0.15) is 12.6 Å². The van der Waals surface area contributed by atoms with E-state index in [-0.39, 0.29) is 0 Å². The van der Waals surface area contributed by atoms with E-state index in [1.165, 1.54) is 11.1 Å². The predicted molar refractivity (Wildman–Crippen MR) is 68.5 cm³/mol. The average Bonchev–Trinajstić information content (AvgIpc) is 2.03. The molecule has 0 fully saturated rings. The van der Waals surface area contributed by atoms with Crippen LogP contribution < -0.4 is 5.73 Å². The van der Waals surface area contributed by atoms with Gasteiger partial charge in [0.05, 0.1) is 0 Å². The quantitative estimate of drug-likeness (QED) is 0.530. The SMILES string of the molecule is C=C(N)/C(=C(/C)CCC)C(C)C(C)S. The second kappa shape index (κ2) is 6.18. The third-order valence-electron chi connectivity index (χ3n) is 2.61. The summed E-state index contributed by atoms with van der Waals surface area (Å²) in [6.45, 7) is 12.4. The highest BCUT2D eigenvalue weighted by atomic mass is 32.1. The molecule has 2 N–H and O–H groups in total. The van der Waals surface area contributed by atoms with E-state index in [1.807, 2.05) is 0 Å². The smallest absolute Gasteiger partial charge is 0.0276 e. The Morgan fingerprint density at radius 2 is 1.93 bits per heavy atom. The molecule has 0 heterocycles. The largest absolute Gasteiger partial charge is 0.399 e. The maximum atomic E-state index is 5.82. The number of allylic oxidation sites excluding steroid dienone is 2. The van der Waals surface area contributed by atoms with Gasteiger partial charge in [0.15, 0.2) is 0 Å². The molecule has 0 amide bonds. The van der Waals surface area contributed by atoms with E-state index in [1.54, 1.807) is 0 Å². The Morgan fingerprint density at radius 1 is 1.43 bits per heavy atom. The van der Waals surface area contributed by atoms with Crippen LogP contribution in [0.1, 0.15) is 40.5 Å². The lowest BCUT2D eigenvalue weighted by atomic mass is 9.90. The summed E-state index contributed by atoms with van der Waals surface area (Å²) in [6, 6.07) is 0. The number of nitrogens with two attached hydrogens (primary N) is 1. The van der Waals surface area contributed by atoms with Crippen molar-refractivity contribution in [2.24, 2.45) is 11.7 Å². The van der Waals surface area contributed by atoms with Crippen LogP contribution in [-0.2, 0) is 0 Å². The molecule has 0 spiro atoms. The lowest BCUT2D eigenvalue weighted by molar-refractivity contribution is 0.665. The molecule has 2 heteroatoms. The first-order valence-corrected chi connectivity index (χ1v) is 5.75. The molecular weight excluding hydrogens is 190 g/mol. The molecule has 0 aliphatic carbocycles. The maximum Gasteiger partial charge on any atom is 0.0276 e. The molecule has 0 bridgehead atoms. The van der Waals surface area contributed by atoms with Crippen LogP contribution in [0.2, 0.25) is 0 Å². The molecule has 0 aromatic carbocycles. The fourth-order valence-electron chi connectivity index (χ4n) is 1.71. The lowest BCUT2D eigenvalue weighted by Crippen LogP contribution is -2.17. The van der Waals surface area contributed by atoms with Gasteiger partial charge in [0.25, 0.3) is 0 Å². The van der Waals surface area contributed by atoms with Gasteiger partial charge >= 0.3 is 0 Å². The molecule has 0 radical (unpaired) electrons. The van der Waals surface area contributed by atoms with Gasteiger partial charge in [-0.15, -0.1) is 0 Å². The Labute approximate surface area is 93.9 Å². The Hall–Kier alpha value is -0.370. The Morgan fingerprint density at radius 3 is 2.21 bits per heavy atom. The molecule has 0 aromatic rings. The molecule has 0 aliphatic rings. The van der Waals surface area contributed by atoms with Gasteiger partial charge in [0.2, 0.25) is 0 Å². The van der Waals surface area contributed by atoms with Crippen LogP contribution in [0.5, 0.6) is 0 Å². The van der Waals surface area contributed by atoms with Crippen molar-refractivity contribution < 1.29 is 0 Å². The molecular formula is C12H23NS. The highest BCUT2D eigenvalue weighted by Gasteiger charge is 2.16. The van der Waals surface area contributed by atoms with Gasteiger partial charge in [-0.05, 0) is 24.8 Å². The zero-order valence-electron chi connectivity index (χ0n) is 9.80. The van der Waals surface area contributed by atoms with E-state index in [0.29, 0.717) is 16.9 Å². The molecule has 0 saturated carbocycles. The van der Waals surface area contributed by atoms with Crippen molar-refractivity contribution in [3.8, 4) is 0 Å². The minimum Gasteiger partial charge on any atom is -0.399 e. The van der Waals surface area contributed by atoms with Gasteiger partial charge in [-0.1, -0.05) is 39.3 Å². The minimum absolute atomic E-state index is 0.317. The number of rotatable bonds is 5. The normalized spacial score (nSPS) is 17.2.